The molecule has 1 heterocycles. The number of ether oxygens (including phenoxy) is 1. The van der Waals surface area contributed by atoms with Crippen LogP contribution in [-0.2, 0) is 4.79 Å². The Hall–Kier alpha value is -2.55. The summed E-state index contributed by atoms with van der Waals surface area (Å²) < 4.78 is 5.45. The molecule has 1 aliphatic rings. The molecule has 0 unspecified atom stereocenters. The van der Waals surface area contributed by atoms with Crippen molar-refractivity contribution in [1.29, 1.82) is 5.26 Å². The summed E-state index contributed by atoms with van der Waals surface area (Å²) >= 11 is 0. The molecule has 3 amide bonds. The molecule has 1 N–H and O–H groups in total. The van der Waals surface area contributed by atoms with Crippen LogP contribution in [0.3, 0.4) is 0 Å². The van der Waals surface area contributed by atoms with E-state index in [1.165, 1.54) is 0 Å². The molecule has 2 rings (SSSR count). The van der Waals surface area contributed by atoms with E-state index in [0.717, 1.165) is 4.90 Å². The van der Waals surface area contributed by atoms with Gasteiger partial charge in [-0.25, -0.2) is 4.79 Å². The highest BCUT2D eigenvalue weighted by Crippen LogP contribution is 2.16. The van der Waals surface area contributed by atoms with Crippen LogP contribution in [0.4, 0.5) is 4.79 Å². The number of carbonyl (C=O) groups excluding carboxylic acids is 2. The maximum absolute atomic E-state index is 11.9. The second-order valence-electron chi connectivity index (χ2n) is 5.00. The van der Waals surface area contributed by atoms with Crippen LogP contribution in [0.2, 0.25) is 0 Å². The molecular weight excluding hydrogens is 258 g/mol. The van der Waals surface area contributed by atoms with Crippen molar-refractivity contribution in [3.63, 3.8) is 0 Å². The summed E-state index contributed by atoms with van der Waals surface area (Å²) in [5, 5.41) is 11.3. The number of amides is 3. The summed E-state index contributed by atoms with van der Waals surface area (Å²) in [5.74, 6) is 0.334. The third kappa shape index (κ3) is 2.72. The normalized spacial score (nSPS) is 16.8. The zero-order chi connectivity index (χ0) is 14.8. The molecule has 0 radical (unpaired) electrons. The van der Waals surface area contributed by atoms with E-state index in [-0.39, 0.29) is 19.1 Å². The zero-order valence-electron chi connectivity index (χ0n) is 11.3. The van der Waals surface area contributed by atoms with Crippen molar-refractivity contribution in [3.8, 4) is 11.8 Å². The fourth-order valence-electron chi connectivity index (χ4n) is 1.90. The Labute approximate surface area is 116 Å². The van der Waals surface area contributed by atoms with Crippen molar-refractivity contribution in [2.75, 3.05) is 13.2 Å². The lowest BCUT2D eigenvalue weighted by molar-refractivity contribution is -0.130. The Balaban J connectivity index is 1.88. The van der Waals surface area contributed by atoms with Crippen LogP contribution < -0.4 is 10.1 Å². The van der Waals surface area contributed by atoms with Gasteiger partial charge in [-0.05, 0) is 38.1 Å². The number of carbonyl (C=O) groups is 2. The smallest absolute Gasteiger partial charge is 0.325 e. The number of nitrogens with one attached hydrogen (secondary N) is 1. The lowest BCUT2D eigenvalue weighted by Gasteiger charge is -2.16. The lowest BCUT2D eigenvalue weighted by Crippen LogP contribution is -2.40. The summed E-state index contributed by atoms with van der Waals surface area (Å²) in [7, 11) is 0. The van der Waals surface area contributed by atoms with E-state index in [4.69, 9.17) is 10.00 Å². The number of rotatable bonds is 4. The van der Waals surface area contributed by atoms with Gasteiger partial charge >= 0.3 is 6.03 Å². The Morgan fingerprint density at radius 3 is 2.45 bits per heavy atom. The van der Waals surface area contributed by atoms with E-state index in [9.17, 15) is 9.59 Å². The number of nitriles is 1. The molecule has 20 heavy (non-hydrogen) atoms. The monoisotopic (exact) mass is 273 g/mol. The van der Waals surface area contributed by atoms with Crippen molar-refractivity contribution in [3.05, 3.63) is 29.8 Å². The van der Waals surface area contributed by atoms with Gasteiger partial charge in [-0.15, -0.1) is 0 Å². The second kappa shape index (κ2) is 5.21. The van der Waals surface area contributed by atoms with E-state index in [0.29, 0.717) is 11.3 Å². The van der Waals surface area contributed by atoms with Crippen LogP contribution in [0.15, 0.2) is 24.3 Å². The standard InChI is InChI=1S/C14H15N3O3/c1-14(2)12(18)17(13(19)16-14)7-8-20-11-5-3-10(9-15)4-6-11/h3-6H,7-8H2,1-2H3,(H,16,19). The highest BCUT2D eigenvalue weighted by Gasteiger charge is 2.43. The van der Waals surface area contributed by atoms with Gasteiger partial charge in [0.05, 0.1) is 18.2 Å². The predicted octanol–water partition coefficient (Wildman–Crippen LogP) is 1.27. The van der Waals surface area contributed by atoms with Gasteiger partial charge < -0.3 is 10.1 Å². The molecule has 1 saturated heterocycles. The van der Waals surface area contributed by atoms with Gasteiger partial charge in [-0.2, -0.15) is 5.26 Å². The van der Waals surface area contributed by atoms with Crippen molar-refractivity contribution < 1.29 is 14.3 Å². The summed E-state index contributed by atoms with van der Waals surface area (Å²) in [4.78, 5) is 24.7. The van der Waals surface area contributed by atoms with Gasteiger partial charge in [-0.3, -0.25) is 9.69 Å². The second-order valence-corrected chi connectivity index (χ2v) is 5.00. The van der Waals surface area contributed by atoms with Crippen molar-refractivity contribution in [2.45, 2.75) is 19.4 Å². The number of nitrogens with zero attached hydrogens (tertiary/aromatic N) is 2. The fourth-order valence-corrected chi connectivity index (χ4v) is 1.90. The van der Waals surface area contributed by atoms with Gasteiger partial charge in [-0.1, -0.05) is 0 Å². The maximum Gasteiger partial charge on any atom is 0.325 e. The van der Waals surface area contributed by atoms with Crippen molar-refractivity contribution >= 4 is 11.9 Å². The van der Waals surface area contributed by atoms with Crippen LogP contribution in [0, 0.1) is 11.3 Å². The minimum Gasteiger partial charge on any atom is -0.492 e. The number of imide groups is 1. The molecule has 0 atom stereocenters. The third-order valence-electron chi connectivity index (χ3n) is 3.01. The molecule has 0 spiro atoms. The predicted molar refractivity (Wildman–Crippen MR) is 71.0 cm³/mol. The Morgan fingerprint density at radius 1 is 1.30 bits per heavy atom. The summed E-state index contributed by atoms with van der Waals surface area (Å²) in [6.45, 7) is 3.72. The Morgan fingerprint density at radius 2 is 1.95 bits per heavy atom. The molecule has 1 fully saturated rings. The Kier molecular flexibility index (Phi) is 3.61. The molecule has 1 aliphatic heterocycles. The number of hydrogen-bond donors (Lipinski definition) is 1. The Bertz CT molecular complexity index is 572. The molecule has 0 saturated carbocycles. The summed E-state index contributed by atoms with van der Waals surface area (Å²) in [6, 6.07) is 8.25. The van der Waals surface area contributed by atoms with Crippen LogP contribution >= 0.6 is 0 Å². The van der Waals surface area contributed by atoms with Crippen LogP contribution in [0.1, 0.15) is 19.4 Å². The molecule has 6 nitrogen and oxygen atoms in total. The first-order chi connectivity index (χ1) is 9.44. The molecule has 6 heteroatoms. The topological polar surface area (TPSA) is 82.4 Å². The van der Waals surface area contributed by atoms with E-state index >= 15 is 0 Å². The van der Waals surface area contributed by atoms with Crippen LogP contribution in [0.25, 0.3) is 0 Å². The van der Waals surface area contributed by atoms with E-state index < -0.39 is 11.6 Å². The minimum atomic E-state index is -0.856. The average Bonchev–Trinajstić information content (AvgIpc) is 2.61. The van der Waals surface area contributed by atoms with Crippen LogP contribution in [0.5, 0.6) is 5.75 Å². The third-order valence-corrected chi connectivity index (χ3v) is 3.01. The van der Waals surface area contributed by atoms with E-state index in [1.807, 2.05) is 6.07 Å². The van der Waals surface area contributed by atoms with Gasteiger partial charge in [0.1, 0.15) is 17.9 Å². The highest BCUT2D eigenvalue weighted by atomic mass is 16.5. The molecule has 104 valence electrons. The lowest BCUT2D eigenvalue weighted by atomic mass is 10.1. The first kappa shape index (κ1) is 13.9. The first-order valence-corrected chi connectivity index (χ1v) is 6.21. The summed E-state index contributed by atoms with van der Waals surface area (Å²) in [6.07, 6.45) is 0. The van der Waals surface area contributed by atoms with E-state index in [1.54, 1.807) is 38.1 Å². The molecular formula is C14H15N3O3. The van der Waals surface area contributed by atoms with Crippen molar-refractivity contribution in [1.82, 2.24) is 10.2 Å². The molecule has 0 aliphatic carbocycles. The van der Waals surface area contributed by atoms with E-state index in [2.05, 4.69) is 5.32 Å². The SMILES string of the molecule is CC1(C)NC(=O)N(CCOc2ccc(C#N)cc2)C1=O. The molecule has 1 aromatic rings. The van der Waals surface area contributed by atoms with Gasteiger partial charge in [0.25, 0.3) is 5.91 Å². The largest absolute Gasteiger partial charge is 0.492 e. The molecule has 0 bridgehead atoms. The van der Waals surface area contributed by atoms with Gasteiger partial charge in [0.2, 0.25) is 0 Å². The zero-order valence-corrected chi connectivity index (χ0v) is 11.3. The number of benzene rings is 1. The number of hydrogen-bond acceptors (Lipinski definition) is 4. The highest BCUT2D eigenvalue weighted by molar-refractivity contribution is 6.06. The van der Waals surface area contributed by atoms with Crippen molar-refractivity contribution in [2.24, 2.45) is 0 Å². The first-order valence-electron chi connectivity index (χ1n) is 6.21. The maximum atomic E-state index is 11.9. The molecule has 1 aromatic carbocycles. The fraction of sp³-hybridized carbons (Fsp3) is 0.357. The number of urea groups is 1. The molecule has 0 aromatic heterocycles. The quantitative estimate of drug-likeness (QED) is 0.837. The summed E-state index contributed by atoms with van der Waals surface area (Å²) in [5.41, 5.74) is -0.306. The minimum absolute atomic E-state index is 0.189. The van der Waals surface area contributed by atoms with Gasteiger partial charge in [0, 0.05) is 0 Å². The average molecular weight is 273 g/mol. The van der Waals surface area contributed by atoms with Crippen LogP contribution in [-0.4, -0.2) is 35.5 Å². The van der Waals surface area contributed by atoms with Gasteiger partial charge in [0.15, 0.2) is 0 Å².